The van der Waals surface area contributed by atoms with E-state index in [4.69, 9.17) is 8.95 Å². The molecule has 11 heteroatoms. The summed E-state index contributed by atoms with van der Waals surface area (Å²) >= 11 is 0. The van der Waals surface area contributed by atoms with Gasteiger partial charge in [0.2, 0.25) is 0 Å². The highest BCUT2D eigenvalue weighted by molar-refractivity contribution is 7.32. The second kappa shape index (κ2) is 10.7. The fraction of sp³-hybridized carbons (Fsp3) is 0.500. The normalized spacial score (nSPS) is 22.8. The fourth-order valence-corrected chi connectivity index (χ4v) is 6.58. The van der Waals surface area contributed by atoms with Crippen LogP contribution in [0.1, 0.15) is 56.9 Å². The first kappa shape index (κ1) is 27.5. The van der Waals surface area contributed by atoms with Crippen LogP contribution in [0.3, 0.4) is 0 Å². The molecule has 0 spiro atoms. The van der Waals surface area contributed by atoms with E-state index in [0.29, 0.717) is 28.8 Å². The standard InChI is InChI=1S/C26H35N4O5PSi/c1-7-17-15-20(22(21(17)34-36(32)33)35-37(5,6)26(2,3)4)30-14-13-19-23(27-16-28-24(19)30)29-25(31)18-11-9-8-10-12-18/h8-14,16-17,20-22H,7,15H2,1-6H3,(H-,27,28,29,31,32,33)/p+1/t17-,20+,21+,22-/m0/s1. The van der Waals surface area contributed by atoms with Gasteiger partial charge in [-0.15, -0.1) is 9.42 Å². The summed E-state index contributed by atoms with van der Waals surface area (Å²) in [6.07, 6.45) is 3.92. The number of aromatic nitrogens is 3. The third kappa shape index (κ3) is 5.68. The molecule has 0 saturated heterocycles. The minimum Gasteiger partial charge on any atom is -0.409 e. The van der Waals surface area contributed by atoms with Gasteiger partial charge in [0.15, 0.2) is 8.32 Å². The zero-order chi connectivity index (χ0) is 27.0. The van der Waals surface area contributed by atoms with Crippen LogP contribution < -0.4 is 5.32 Å². The zero-order valence-electron chi connectivity index (χ0n) is 22.2. The number of carbonyl (C=O) groups is 1. The quantitative estimate of drug-likeness (QED) is 0.261. The van der Waals surface area contributed by atoms with Crippen LogP contribution in [0.4, 0.5) is 5.82 Å². The third-order valence-electron chi connectivity index (χ3n) is 7.82. The van der Waals surface area contributed by atoms with Gasteiger partial charge in [0.25, 0.3) is 5.91 Å². The molecule has 0 radical (unpaired) electrons. The molecule has 1 aliphatic rings. The first-order valence-electron chi connectivity index (χ1n) is 12.6. The average Bonchev–Trinajstić information content (AvgIpc) is 3.40. The molecule has 37 heavy (non-hydrogen) atoms. The van der Waals surface area contributed by atoms with E-state index >= 15 is 0 Å². The molecule has 5 atom stereocenters. The van der Waals surface area contributed by atoms with Crippen LogP contribution in [0, 0.1) is 5.92 Å². The summed E-state index contributed by atoms with van der Waals surface area (Å²) in [6, 6.07) is 10.7. The molecule has 1 aliphatic carbocycles. The van der Waals surface area contributed by atoms with Crippen molar-refractivity contribution in [3.05, 3.63) is 54.5 Å². The minimum absolute atomic E-state index is 0.0439. The summed E-state index contributed by atoms with van der Waals surface area (Å²) < 4.78 is 26.4. The molecule has 4 rings (SSSR count). The van der Waals surface area contributed by atoms with Gasteiger partial charge in [-0.05, 0) is 48.7 Å². The van der Waals surface area contributed by atoms with E-state index in [2.05, 4.69) is 56.1 Å². The molecule has 0 bridgehead atoms. The van der Waals surface area contributed by atoms with Crippen LogP contribution in [-0.2, 0) is 13.5 Å². The molecular formula is C26H36N4O5PSi+. The van der Waals surface area contributed by atoms with Crippen molar-refractivity contribution >= 4 is 39.3 Å². The van der Waals surface area contributed by atoms with Gasteiger partial charge in [-0.25, -0.2) is 9.97 Å². The van der Waals surface area contributed by atoms with Crippen molar-refractivity contribution in [2.45, 2.75) is 76.9 Å². The van der Waals surface area contributed by atoms with Gasteiger partial charge in [-0.1, -0.05) is 52.3 Å². The van der Waals surface area contributed by atoms with E-state index in [0.717, 1.165) is 6.42 Å². The number of rotatable bonds is 8. The summed E-state index contributed by atoms with van der Waals surface area (Å²) in [5, 5.41) is 3.56. The number of hydrogen-bond donors (Lipinski definition) is 2. The van der Waals surface area contributed by atoms with E-state index in [1.54, 1.807) is 12.1 Å². The Kier molecular flexibility index (Phi) is 7.97. The molecule has 0 aliphatic heterocycles. The SMILES string of the molecule is CC[C@H]1C[C@@H](n2ccc3c(NC(=O)c4ccccc4)ncnc32)[C@H](O[Si](C)(C)C(C)(C)C)[C@@H]1O[P+](=O)O. The first-order chi connectivity index (χ1) is 17.4. The van der Waals surface area contributed by atoms with E-state index in [-0.39, 0.29) is 22.9 Å². The Hall–Kier alpha value is -2.49. The average molecular weight is 544 g/mol. The Morgan fingerprint density at radius 3 is 2.51 bits per heavy atom. The van der Waals surface area contributed by atoms with Crippen LogP contribution in [0.2, 0.25) is 18.1 Å². The summed E-state index contributed by atoms with van der Waals surface area (Å²) in [4.78, 5) is 31.4. The van der Waals surface area contributed by atoms with Crippen LogP contribution >= 0.6 is 8.25 Å². The predicted molar refractivity (Wildman–Crippen MR) is 146 cm³/mol. The Morgan fingerprint density at radius 1 is 1.19 bits per heavy atom. The molecule has 1 saturated carbocycles. The molecular weight excluding hydrogens is 507 g/mol. The van der Waals surface area contributed by atoms with Crippen LogP contribution in [0.25, 0.3) is 11.0 Å². The lowest BCUT2D eigenvalue weighted by atomic mass is 10.0. The number of anilines is 1. The lowest BCUT2D eigenvalue weighted by Crippen LogP contribution is -2.48. The largest absolute Gasteiger partial charge is 0.695 e. The first-order valence-corrected chi connectivity index (χ1v) is 16.7. The summed E-state index contributed by atoms with van der Waals surface area (Å²) in [5.41, 5.74) is 1.20. The number of amides is 1. The lowest BCUT2D eigenvalue weighted by Gasteiger charge is -2.40. The van der Waals surface area contributed by atoms with Crippen LogP contribution in [0.15, 0.2) is 48.9 Å². The van der Waals surface area contributed by atoms with Crippen molar-refractivity contribution in [3.8, 4) is 0 Å². The maximum atomic E-state index is 12.8. The maximum Gasteiger partial charge on any atom is 0.695 e. The summed E-state index contributed by atoms with van der Waals surface area (Å²) in [6.45, 7) is 12.9. The van der Waals surface area contributed by atoms with Gasteiger partial charge >= 0.3 is 8.25 Å². The van der Waals surface area contributed by atoms with Gasteiger partial charge < -0.3 is 14.3 Å². The molecule has 2 aromatic heterocycles. The van der Waals surface area contributed by atoms with Crippen molar-refractivity contribution in [1.29, 1.82) is 0 Å². The number of nitrogens with zero attached hydrogens (tertiary/aromatic N) is 3. The summed E-state index contributed by atoms with van der Waals surface area (Å²) in [5.74, 6) is 0.220. The highest BCUT2D eigenvalue weighted by atomic mass is 31.1. The van der Waals surface area contributed by atoms with Gasteiger partial charge in [-0.2, -0.15) is 0 Å². The number of hydrogen-bond acceptors (Lipinski definition) is 6. The van der Waals surface area contributed by atoms with Crippen LogP contribution in [-0.4, -0.2) is 45.9 Å². The van der Waals surface area contributed by atoms with E-state index in [9.17, 15) is 14.3 Å². The van der Waals surface area contributed by atoms with Gasteiger partial charge in [0.1, 0.15) is 23.9 Å². The Balaban J connectivity index is 1.72. The van der Waals surface area contributed by atoms with E-state index in [1.807, 2.05) is 35.0 Å². The van der Waals surface area contributed by atoms with E-state index < -0.39 is 28.8 Å². The Morgan fingerprint density at radius 2 is 1.89 bits per heavy atom. The van der Waals surface area contributed by atoms with Crippen molar-refractivity contribution < 1.29 is 23.2 Å². The van der Waals surface area contributed by atoms with Crippen molar-refractivity contribution in [3.63, 3.8) is 0 Å². The number of nitrogens with one attached hydrogen (secondary N) is 1. The minimum atomic E-state index is -2.79. The van der Waals surface area contributed by atoms with Crippen molar-refractivity contribution in [2.75, 3.05) is 5.32 Å². The van der Waals surface area contributed by atoms with Crippen molar-refractivity contribution in [1.82, 2.24) is 14.5 Å². The molecule has 3 aromatic rings. The number of benzene rings is 1. The van der Waals surface area contributed by atoms with Crippen LogP contribution in [0.5, 0.6) is 0 Å². The van der Waals surface area contributed by atoms with Gasteiger partial charge in [0, 0.05) is 16.3 Å². The smallest absolute Gasteiger partial charge is 0.409 e. The molecule has 1 fully saturated rings. The number of carbonyl (C=O) groups excluding carboxylic acids is 1. The van der Waals surface area contributed by atoms with Crippen molar-refractivity contribution in [2.24, 2.45) is 5.92 Å². The second-order valence-corrected chi connectivity index (χ2v) is 16.6. The highest BCUT2D eigenvalue weighted by Gasteiger charge is 2.53. The van der Waals surface area contributed by atoms with Gasteiger partial charge in [-0.3, -0.25) is 4.79 Å². The highest BCUT2D eigenvalue weighted by Crippen LogP contribution is 2.48. The monoisotopic (exact) mass is 543 g/mol. The fourth-order valence-electron chi connectivity index (χ4n) is 4.76. The molecule has 2 N–H and O–H groups in total. The molecule has 198 valence electrons. The second-order valence-electron chi connectivity index (χ2n) is 11.1. The molecule has 9 nitrogen and oxygen atoms in total. The topological polar surface area (TPSA) is 116 Å². The maximum absolute atomic E-state index is 12.8. The number of fused-ring (bicyclic) bond motifs is 1. The molecule has 1 aromatic carbocycles. The Labute approximate surface area is 219 Å². The Bertz CT molecular complexity index is 1280. The third-order valence-corrected chi connectivity index (χ3v) is 12.7. The molecule has 1 unspecified atom stereocenters. The zero-order valence-corrected chi connectivity index (χ0v) is 24.1. The van der Waals surface area contributed by atoms with Gasteiger partial charge in [0.05, 0.1) is 17.5 Å². The molecule has 1 amide bonds. The van der Waals surface area contributed by atoms with E-state index in [1.165, 1.54) is 6.33 Å². The predicted octanol–water partition coefficient (Wildman–Crippen LogP) is 6.08. The lowest BCUT2D eigenvalue weighted by molar-refractivity contribution is 0.0284. The molecule has 2 heterocycles. The summed E-state index contributed by atoms with van der Waals surface area (Å²) in [7, 11) is -5.04.